The van der Waals surface area contributed by atoms with Crippen LogP contribution < -0.4 is 0 Å². The number of nitrogens with zero attached hydrogens (tertiary/aromatic N) is 2. The zero-order chi connectivity index (χ0) is 18.8. The molecule has 0 aliphatic carbocycles. The van der Waals surface area contributed by atoms with Gasteiger partial charge in [0.25, 0.3) is 0 Å². The van der Waals surface area contributed by atoms with E-state index in [9.17, 15) is 14.3 Å². The molecule has 27 heavy (non-hydrogen) atoms. The van der Waals surface area contributed by atoms with Crippen molar-refractivity contribution in [2.24, 2.45) is 5.92 Å². The Morgan fingerprint density at radius 3 is 2.59 bits per heavy atom. The number of piperidine rings is 2. The molecule has 0 radical (unpaired) electrons. The lowest BCUT2D eigenvalue weighted by molar-refractivity contribution is -0.142. The van der Waals surface area contributed by atoms with E-state index >= 15 is 0 Å². The van der Waals surface area contributed by atoms with Crippen molar-refractivity contribution in [1.82, 2.24) is 9.80 Å². The van der Waals surface area contributed by atoms with Crippen molar-refractivity contribution < 1.29 is 14.3 Å². The van der Waals surface area contributed by atoms with Gasteiger partial charge in [0.1, 0.15) is 11.6 Å². The summed E-state index contributed by atoms with van der Waals surface area (Å²) in [6.07, 6.45) is 2.43. The second-order valence-electron chi connectivity index (χ2n) is 7.67. The number of rotatable bonds is 4. The maximum Gasteiger partial charge on any atom is 0.223 e. The third-order valence-corrected chi connectivity index (χ3v) is 5.88. The molecule has 0 unspecified atom stereocenters. The number of phenols is 1. The number of benzene rings is 2. The van der Waals surface area contributed by atoms with Crippen LogP contribution in [0.1, 0.15) is 30.4 Å². The standard InChI is InChI=1S/C22H25FN2O2/c23-19-8-5-16(6-9-19)13-25-20-11-12-24(14-17(20)7-10-22(25)27)15-18-3-1-2-4-21(18)26/h1-6,8-9,17,20,26H,7,10-15H2/t17-,20+/m1/s1. The van der Waals surface area contributed by atoms with Gasteiger partial charge in [-0.25, -0.2) is 4.39 Å². The molecular weight excluding hydrogens is 343 g/mol. The molecule has 4 nitrogen and oxygen atoms in total. The zero-order valence-electron chi connectivity index (χ0n) is 15.4. The summed E-state index contributed by atoms with van der Waals surface area (Å²) in [5.41, 5.74) is 1.92. The molecule has 4 rings (SSSR count). The SMILES string of the molecule is O=C1CC[C@@H]2CN(Cc3ccccc3O)CC[C@@H]2N1Cc1ccc(F)cc1. The van der Waals surface area contributed by atoms with Crippen molar-refractivity contribution in [3.05, 3.63) is 65.5 Å². The van der Waals surface area contributed by atoms with E-state index in [1.165, 1.54) is 12.1 Å². The molecular formula is C22H25FN2O2. The van der Waals surface area contributed by atoms with E-state index in [0.29, 0.717) is 24.6 Å². The second-order valence-corrected chi connectivity index (χ2v) is 7.67. The van der Waals surface area contributed by atoms with Crippen LogP contribution in [0.2, 0.25) is 0 Å². The van der Waals surface area contributed by atoms with Crippen molar-refractivity contribution in [2.75, 3.05) is 13.1 Å². The lowest BCUT2D eigenvalue weighted by Gasteiger charge is -2.47. The quantitative estimate of drug-likeness (QED) is 0.898. The average molecular weight is 368 g/mol. The number of phenolic OH excluding ortho intramolecular Hbond substituents is 1. The molecule has 2 aliphatic rings. The summed E-state index contributed by atoms with van der Waals surface area (Å²) in [5.74, 6) is 0.743. The number of hydrogen-bond donors (Lipinski definition) is 1. The van der Waals surface area contributed by atoms with Gasteiger partial charge >= 0.3 is 0 Å². The Morgan fingerprint density at radius 1 is 1.04 bits per heavy atom. The molecule has 0 aromatic heterocycles. The normalized spacial score (nSPS) is 23.3. The first-order chi connectivity index (χ1) is 13.1. The third kappa shape index (κ3) is 3.98. The minimum atomic E-state index is -0.251. The number of para-hydroxylation sites is 1. The fraction of sp³-hybridized carbons (Fsp3) is 0.409. The Labute approximate surface area is 159 Å². The number of likely N-dealkylation sites (tertiary alicyclic amines) is 2. The van der Waals surface area contributed by atoms with Crippen LogP contribution in [0.15, 0.2) is 48.5 Å². The van der Waals surface area contributed by atoms with Gasteiger partial charge in [0.15, 0.2) is 0 Å². The highest BCUT2D eigenvalue weighted by Gasteiger charge is 2.39. The van der Waals surface area contributed by atoms with Gasteiger partial charge in [-0.3, -0.25) is 9.69 Å². The van der Waals surface area contributed by atoms with E-state index in [-0.39, 0.29) is 17.8 Å². The molecule has 142 valence electrons. The Kier molecular flexibility index (Phi) is 5.12. The van der Waals surface area contributed by atoms with Crippen LogP contribution in [0.25, 0.3) is 0 Å². The van der Waals surface area contributed by atoms with Gasteiger partial charge in [-0.1, -0.05) is 30.3 Å². The van der Waals surface area contributed by atoms with Crippen LogP contribution in [0.4, 0.5) is 4.39 Å². The van der Waals surface area contributed by atoms with E-state index in [2.05, 4.69) is 4.90 Å². The third-order valence-electron chi connectivity index (χ3n) is 5.88. The van der Waals surface area contributed by atoms with Crippen LogP contribution >= 0.6 is 0 Å². The minimum absolute atomic E-state index is 0.203. The first-order valence-corrected chi connectivity index (χ1v) is 9.63. The van der Waals surface area contributed by atoms with Crippen LogP contribution in [0.5, 0.6) is 5.75 Å². The molecule has 2 aromatic rings. The minimum Gasteiger partial charge on any atom is -0.508 e. The maximum atomic E-state index is 13.2. The summed E-state index contributed by atoms with van der Waals surface area (Å²) in [7, 11) is 0. The maximum absolute atomic E-state index is 13.2. The van der Waals surface area contributed by atoms with Gasteiger partial charge in [0.2, 0.25) is 5.91 Å². The number of amides is 1. The number of carbonyl (C=O) groups excluding carboxylic acids is 1. The van der Waals surface area contributed by atoms with E-state index in [1.54, 1.807) is 18.2 Å². The monoisotopic (exact) mass is 368 g/mol. The Morgan fingerprint density at radius 2 is 1.81 bits per heavy atom. The lowest BCUT2D eigenvalue weighted by Crippen LogP contribution is -2.55. The van der Waals surface area contributed by atoms with Gasteiger partial charge in [-0.2, -0.15) is 0 Å². The van der Waals surface area contributed by atoms with E-state index in [0.717, 1.165) is 43.6 Å². The second kappa shape index (κ2) is 7.69. The summed E-state index contributed by atoms with van der Waals surface area (Å²) < 4.78 is 13.2. The molecule has 0 spiro atoms. The molecule has 2 fully saturated rings. The number of fused-ring (bicyclic) bond motifs is 1. The zero-order valence-corrected chi connectivity index (χ0v) is 15.4. The molecule has 2 saturated heterocycles. The fourth-order valence-electron chi connectivity index (χ4n) is 4.45. The van der Waals surface area contributed by atoms with Crippen LogP contribution in [0.3, 0.4) is 0 Å². The van der Waals surface area contributed by atoms with Gasteiger partial charge < -0.3 is 10.0 Å². The average Bonchev–Trinajstić information content (AvgIpc) is 2.67. The highest BCUT2D eigenvalue weighted by Crippen LogP contribution is 2.33. The highest BCUT2D eigenvalue weighted by atomic mass is 19.1. The highest BCUT2D eigenvalue weighted by molar-refractivity contribution is 5.77. The van der Waals surface area contributed by atoms with Crippen molar-refractivity contribution >= 4 is 5.91 Å². The first-order valence-electron chi connectivity index (χ1n) is 9.63. The molecule has 2 atom stereocenters. The number of aromatic hydroxyl groups is 1. The van der Waals surface area contributed by atoms with E-state index < -0.39 is 0 Å². The Balaban J connectivity index is 1.43. The molecule has 0 bridgehead atoms. The Bertz CT molecular complexity index is 808. The number of hydrogen-bond acceptors (Lipinski definition) is 3. The van der Waals surface area contributed by atoms with Crippen molar-refractivity contribution in [3.8, 4) is 5.75 Å². The molecule has 0 saturated carbocycles. The van der Waals surface area contributed by atoms with Gasteiger partial charge in [-0.05, 0) is 42.5 Å². The fourth-order valence-corrected chi connectivity index (χ4v) is 4.45. The van der Waals surface area contributed by atoms with Gasteiger partial charge in [-0.15, -0.1) is 0 Å². The van der Waals surface area contributed by atoms with Crippen LogP contribution in [0, 0.1) is 11.7 Å². The van der Waals surface area contributed by atoms with Crippen molar-refractivity contribution in [2.45, 2.75) is 38.4 Å². The number of carbonyl (C=O) groups is 1. The van der Waals surface area contributed by atoms with Crippen molar-refractivity contribution in [1.29, 1.82) is 0 Å². The van der Waals surface area contributed by atoms with E-state index in [4.69, 9.17) is 0 Å². The molecule has 2 heterocycles. The molecule has 1 N–H and O–H groups in total. The number of halogens is 1. The van der Waals surface area contributed by atoms with E-state index in [1.807, 2.05) is 23.1 Å². The predicted molar refractivity (Wildman–Crippen MR) is 101 cm³/mol. The molecule has 5 heteroatoms. The molecule has 1 amide bonds. The van der Waals surface area contributed by atoms with Crippen molar-refractivity contribution in [3.63, 3.8) is 0 Å². The summed E-state index contributed by atoms with van der Waals surface area (Å²) in [5, 5.41) is 10.0. The topological polar surface area (TPSA) is 43.8 Å². The van der Waals surface area contributed by atoms with Gasteiger partial charge in [0.05, 0.1) is 0 Å². The van der Waals surface area contributed by atoms with Crippen LogP contribution in [-0.2, 0) is 17.9 Å². The summed E-state index contributed by atoms with van der Waals surface area (Å²) in [4.78, 5) is 16.9. The lowest BCUT2D eigenvalue weighted by atomic mass is 9.83. The largest absolute Gasteiger partial charge is 0.508 e. The first kappa shape index (κ1) is 18.0. The Hall–Kier alpha value is -2.40. The molecule has 2 aliphatic heterocycles. The summed E-state index contributed by atoms with van der Waals surface area (Å²) in [6.45, 7) is 3.14. The van der Waals surface area contributed by atoms with Crippen LogP contribution in [-0.4, -0.2) is 39.9 Å². The van der Waals surface area contributed by atoms with Gasteiger partial charge in [0, 0.05) is 44.2 Å². The smallest absolute Gasteiger partial charge is 0.223 e. The summed E-state index contributed by atoms with van der Waals surface area (Å²) >= 11 is 0. The summed E-state index contributed by atoms with van der Waals surface area (Å²) in [6, 6.07) is 14.2. The predicted octanol–water partition coefficient (Wildman–Crippen LogP) is 3.54. The molecule has 2 aromatic carbocycles.